The van der Waals surface area contributed by atoms with Crippen LogP contribution in [-0.4, -0.2) is 31.5 Å². The zero-order valence-corrected chi connectivity index (χ0v) is 18.7. The smallest absolute Gasteiger partial charge is 0.285 e. The van der Waals surface area contributed by atoms with Crippen LogP contribution in [-0.2, 0) is 6.42 Å². The molecule has 0 radical (unpaired) electrons. The van der Waals surface area contributed by atoms with Gasteiger partial charge in [-0.2, -0.15) is 5.10 Å². The van der Waals surface area contributed by atoms with E-state index in [2.05, 4.69) is 10.2 Å². The molecule has 3 heterocycles. The molecule has 0 saturated heterocycles. The Hall–Kier alpha value is -3.42. The van der Waals surface area contributed by atoms with Crippen LogP contribution in [0.3, 0.4) is 0 Å². The van der Waals surface area contributed by atoms with Crippen LogP contribution in [0.25, 0.3) is 33.5 Å². The molecule has 160 valence electrons. The highest BCUT2D eigenvalue weighted by molar-refractivity contribution is 6.34. The zero-order chi connectivity index (χ0) is 22.4. The highest BCUT2D eigenvalue weighted by Gasteiger charge is 2.19. The van der Waals surface area contributed by atoms with Gasteiger partial charge in [0.05, 0.1) is 29.1 Å². The van der Waals surface area contributed by atoms with Gasteiger partial charge in [0, 0.05) is 11.2 Å². The van der Waals surface area contributed by atoms with Crippen LogP contribution >= 0.6 is 23.2 Å². The van der Waals surface area contributed by atoms with Crippen molar-refractivity contribution in [1.82, 2.24) is 24.4 Å². The van der Waals surface area contributed by atoms with Crippen LogP contribution in [0.5, 0.6) is 5.75 Å². The minimum atomic E-state index is -0.361. The van der Waals surface area contributed by atoms with Crippen LogP contribution in [0.15, 0.2) is 59.5 Å². The van der Waals surface area contributed by atoms with Crippen LogP contribution < -0.4 is 10.3 Å². The lowest BCUT2D eigenvalue weighted by Gasteiger charge is -2.09. The van der Waals surface area contributed by atoms with Crippen molar-refractivity contribution in [1.29, 1.82) is 0 Å². The maximum absolute atomic E-state index is 13.2. The molecule has 0 aliphatic carbocycles. The topological polar surface area (TPSA) is 74.3 Å². The van der Waals surface area contributed by atoms with Crippen LogP contribution in [0.4, 0.5) is 0 Å². The van der Waals surface area contributed by atoms with E-state index in [1.807, 2.05) is 31.2 Å². The molecule has 0 fully saturated rings. The van der Waals surface area contributed by atoms with E-state index in [1.165, 1.54) is 4.57 Å². The summed E-state index contributed by atoms with van der Waals surface area (Å²) in [6, 6.07) is 14.4. The minimum Gasteiger partial charge on any atom is -0.497 e. The van der Waals surface area contributed by atoms with Crippen LogP contribution in [0.2, 0.25) is 10.0 Å². The van der Waals surface area contributed by atoms with Gasteiger partial charge in [-0.05, 0) is 48.4 Å². The largest absolute Gasteiger partial charge is 0.497 e. The second-order valence-corrected chi connectivity index (χ2v) is 8.00. The Kier molecular flexibility index (Phi) is 5.07. The minimum absolute atomic E-state index is 0.183. The molecule has 0 aliphatic heterocycles. The summed E-state index contributed by atoms with van der Waals surface area (Å²) in [6.07, 6.45) is 2.34. The molecule has 3 aromatic heterocycles. The van der Waals surface area contributed by atoms with Crippen molar-refractivity contribution < 1.29 is 4.74 Å². The van der Waals surface area contributed by atoms with Gasteiger partial charge in [0.1, 0.15) is 11.3 Å². The maximum Gasteiger partial charge on any atom is 0.285 e. The predicted molar refractivity (Wildman–Crippen MR) is 125 cm³/mol. The molecule has 0 atom stereocenters. The molecule has 5 aromatic rings. The van der Waals surface area contributed by atoms with Crippen molar-refractivity contribution in [2.45, 2.75) is 13.3 Å². The van der Waals surface area contributed by atoms with Crippen LogP contribution in [0.1, 0.15) is 12.6 Å². The summed E-state index contributed by atoms with van der Waals surface area (Å²) in [4.78, 5) is 13.2. The molecule has 0 amide bonds. The van der Waals surface area contributed by atoms with Crippen molar-refractivity contribution in [3.8, 4) is 22.6 Å². The number of ether oxygens (including phenoxy) is 1. The third-order valence-corrected chi connectivity index (χ3v) is 5.89. The summed E-state index contributed by atoms with van der Waals surface area (Å²) < 4.78 is 8.34. The number of nitrogens with zero attached hydrogens (tertiary/aromatic N) is 5. The number of pyridine rings is 1. The van der Waals surface area contributed by atoms with E-state index >= 15 is 0 Å². The van der Waals surface area contributed by atoms with Gasteiger partial charge in [-0.25, -0.2) is 4.52 Å². The summed E-state index contributed by atoms with van der Waals surface area (Å²) in [5, 5.41) is 14.3. The van der Waals surface area contributed by atoms with Crippen LogP contribution in [0, 0.1) is 0 Å². The lowest BCUT2D eigenvalue weighted by molar-refractivity contribution is 0.415. The van der Waals surface area contributed by atoms with E-state index in [-0.39, 0.29) is 11.1 Å². The molecule has 0 bridgehead atoms. The molecule has 9 heteroatoms. The quantitative estimate of drug-likeness (QED) is 0.374. The van der Waals surface area contributed by atoms with E-state index in [1.54, 1.807) is 42.1 Å². The van der Waals surface area contributed by atoms with E-state index in [0.717, 1.165) is 22.6 Å². The van der Waals surface area contributed by atoms with E-state index in [0.29, 0.717) is 33.3 Å². The van der Waals surface area contributed by atoms with E-state index in [9.17, 15) is 4.79 Å². The second-order valence-electron chi connectivity index (χ2n) is 7.16. The number of rotatable bonds is 4. The summed E-state index contributed by atoms with van der Waals surface area (Å²) >= 11 is 12.4. The fraction of sp³-hybridized carbons (Fsp3) is 0.130. The molecule has 32 heavy (non-hydrogen) atoms. The predicted octanol–water partition coefficient (Wildman–Crippen LogP) is 4.97. The first-order valence-electron chi connectivity index (χ1n) is 9.91. The monoisotopic (exact) mass is 465 g/mol. The first-order chi connectivity index (χ1) is 15.5. The molecule has 2 aromatic carbocycles. The fourth-order valence-electron chi connectivity index (χ4n) is 3.75. The first kappa shape index (κ1) is 20.5. The molecule has 0 saturated carbocycles. The number of benzene rings is 2. The second kappa shape index (κ2) is 7.93. The third-order valence-electron chi connectivity index (χ3n) is 5.33. The van der Waals surface area contributed by atoms with Gasteiger partial charge in [0.2, 0.25) is 0 Å². The van der Waals surface area contributed by atoms with Crippen molar-refractivity contribution in [3.05, 3.63) is 80.8 Å². The highest BCUT2D eigenvalue weighted by atomic mass is 35.5. The summed E-state index contributed by atoms with van der Waals surface area (Å²) in [5.74, 6) is 0.764. The molecule has 0 aliphatic rings. The molecule has 0 spiro atoms. The Labute approximate surface area is 192 Å². The number of aromatic nitrogens is 5. The first-order valence-corrected chi connectivity index (χ1v) is 10.7. The summed E-state index contributed by atoms with van der Waals surface area (Å²) in [5.41, 5.74) is 4.13. The lowest BCUT2D eigenvalue weighted by atomic mass is 10.0. The number of hydrogen-bond acceptors (Lipinski definition) is 5. The molecular weight excluding hydrogens is 449 g/mol. The van der Waals surface area contributed by atoms with E-state index < -0.39 is 0 Å². The number of halogens is 2. The molecular formula is C23H17Cl2N5O2. The van der Waals surface area contributed by atoms with Gasteiger partial charge in [-0.15, -0.1) is 10.2 Å². The van der Waals surface area contributed by atoms with Gasteiger partial charge in [0.15, 0.2) is 11.2 Å². The lowest BCUT2D eigenvalue weighted by Crippen LogP contribution is -2.20. The summed E-state index contributed by atoms with van der Waals surface area (Å²) in [7, 11) is 1.63. The average molecular weight is 466 g/mol. The highest BCUT2D eigenvalue weighted by Crippen LogP contribution is 2.30. The Morgan fingerprint density at radius 2 is 1.81 bits per heavy atom. The SMILES string of the molecule is CCc1nn2c(nnc3c(=O)n(-c4cc(Cl)ccc4Cl)ccc32)c1-c1ccc(OC)cc1. The Morgan fingerprint density at radius 1 is 1.03 bits per heavy atom. The number of hydrogen-bond donors (Lipinski definition) is 0. The normalized spacial score (nSPS) is 11.4. The van der Waals surface area contributed by atoms with Gasteiger partial charge in [-0.1, -0.05) is 42.3 Å². The van der Waals surface area contributed by atoms with Gasteiger partial charge in [0.25, 0.3) is 5.56 Å². The van der Waals surface area contributed by atoms with Gasteiger partial charge < -0.3 is 4.74 Å². The van der Waals surface area contributed by atoms with Crippen molar-refractivity contribution >= 4 is 39.9 Å². The Balaban J connectivity index is 1.75. The summed E-state index contributed by atoms with van der Waals surface area (Å²) in [6.45, 7) is 2.03. The number of aryl methyl sites for hydroxylation is 1. The molecule has 0 unspecified atom stereocenters. The van der Waals surface area contributed by atoms with Gasteiger partial charge >= 0.3 is 0 Å². The fourth-order valence-corrected chi connectivity index (χ4v) is 4.13. The van der Waals surface area contributed by atoms with E-state index in [4.69, 9.17) is 33.0 Å². The third kappa shape index (κ3) is 3.21. The average Bonchev–Trinajstić information content (AvgIpc) is 3.20. The zero-order valence-electron chi connectivity index (χ0n) is 17.2. The molecule has 7 nitrogen and oxygen atoms in total. The van der Waals surface area contributed by atoms with Crippen molar-refractivity contribution in [2.75, 3.05) is 7.11 Å². The molecule has 5 rings (SSSR count). The Morgan fingerprint density at radius 3 is 2.53 bits per heavy atom. The Bertz CT molecular complexity index is 1540. The standard InChI is InChI=1S/C23H17Cl2N5O2/c1-3-17-20(13-4-7-15(32-2)8-5-13)22-27-26-21-18(30(22)28-17)10-11-29(23(21)31)19-12-14(24)6-9-16(19)25/h4-12H,3H2,1-2H3. The molecule has 0 N–H and O–H groups in total. The maximum atomic E-state index is 13.2. The van der Waals surface area contributed by atoms with Gasteiger partial charge in [-0.3, -0.25) is 9.36 Å². The number of fused-ring (bicyclic) bond motifs is 3. The van der Waals surface area contributed by atoms with Crippen molar-refractivity contribution in [2.24, 2.45) is 0 Å². The number of methoxy groups -OCH3 is 1. The van der Waals surface area contributed by atoms with Crippen molar-refractivity contribution in [3.63, 3.8) is 0 Å².